The summed E-state index contributed by atoms with van der Waals surface area (Å²) in [6.45, 7) is 3.40. The maximum Gasteiger partial charge on any atom is 0.244 e. The van der Waals surface area contributed by atoms with Gasteiger partial charge in [-0.2, -0.15) is 0 Å². The molecule has 1 fully saturated rings. The SMILES string of the molecule is CC1(c2cccc(Br)c2)NCCNC1=O. The van der Waals surface area contributed by atoms with Gasteiger partial charge in [-0.25, -0.2) is 0 Å². The van der Waals surface area contributed by atoms with Gasteiger partial charge in [-0.15, -0.1) is 0 Å². The highest BCUT2D eigenvalue weighted by Gasteiger charge is 2.36. The molecule has 0 radical (unpaired) electrons. The Morgan fingerprint density at radius 2 is 2.20 bits per heavy atom. The molecule has 1 aromatic rings. The third-order valence-corrected chi connectivity index (χ3v) is 3.24. The largest absolute Gasteiger partial charge is 0.353 e. The third-order valence-electron chi connectivity index (χ3n) is 2.75. The Kier molecular flexibility index (Phi) is 2.80. The molecular weight excluding hydrogens is 256 g/mol. The maximum atomic E-state index is 11.8. The summed E-state index contributed by atoms with van der Waals surface area (Å²) in [5, 5.41) is 6.13. The van der Waals surface area contributed by atoms with E-state index in [-0.39, 0.29) is 5.91 Å². The van der Waals surface area contributed by atoms with Crippen LogP contribution in [0.25, 0.3) is 0 Å². The van der Waals surface area contributed by atoms with Gasteiger partial charge in [-0.3, -0.25) is 10.1 Å². The molecule has 1 atom stereocenters. The van der Waals surface area contributed by atoms with E-state index in [0.717, 1.165) is 16.6 Å². The minimum atomic E-state index is -0.609. The van der Waals surface area contributed by atoms with E-state index in [0.29, 0.717) is 6.54 Å². The molecule has 0 aromatic heterocycles. The topological polar surface area (TPSA) is 41.1 Å². The molecule has 2 N–H and O–H groups in total. The van der Waals surface area contributed by atoms with E-state index in [2.05, 4.69) is 26.6 Å². The highest BCUT2D eigenvalue weighted by Crippen LogP contribution is 2.25. The van der Waals surface area contributed by atoms with Gasteiger partial charge >= 0.3 is 0 Å². The highest BCUT2D eigenvalue weighted by atomic mass is 79.9. The van der Waals surface area contributed by atoms with Crippen LogP contribution in [0.4, 0.5) is 0 Å². The zero-order valence-electron chi connectivity index (χ0n) is 8.51. The van der Waals surface area contributed by atoms with E-state index in [1.54, 1.807) is 0 Å². The summed E-state index contributed by atoms with van der Waals surface area (Å²) in [7, 11) is 0. The fourth-order valence-electron chi connectivity index (χ4n) is 1.78. The van der Waals surface area contributed by atoms with Crippen LogP contribution < -0.4 is 10.6 Å². The predicted octanol–water partition coefficient (Wildman–Crippen LogP) is 1.38. The van der Waals surface area contributed by atoms with Crippen LogP contribution in [0.1, 0.15) is 12.5 Å². The van der Waals surface area contributed by atoms with Gasteiger partial charge in [0.15, 0.2) is 0 Å². The number of carbonyl (C=O) groups excluding carboxylic acids is 1. The number of nitrogens with one attached hydrogen (secondary N) is 2. The smallest absolute Gasteiger partial charge is 0.244 e. The van der Waals surface area contributed by atoms with E-state index in [9.17, 15) is 4.79 Å². The van der Waals surface area contributed by atoms with Gasteiger partial charge in [-0.1, -0.05) is 28.1 Å². The molecule has 4 heteroatoms. The van der Waals surface area contributed by atoms with Crippen molar-refractivity contribution in [1.82, 2.24) is 10.6 Å². The molecule has 3 nitrogen and oxygen atoms in total. The van der Waals surface area contributed by atoms with Crippen LogP contribution >= 0.6 is 15.9 Å². The van der Waals surface area contributed by atoms with Crippen molar-refractivity contribution >= 4 is 21.8 Å². The first-order valence-corrected chi connectivity index (χ1v) is 5.71. The summed E-state index contributed by atoms with van der Waals surface area (Å²) < 4.78 is 0.987. The standard InChI is InChI=1S/C11H13BrN2O/c1-11(10(15)13-5-6-14-11)8-3-2-4-9(12)7-8/h2-4,7,14H,5-6H2,1H3,(H,13,15). The fourth-order valence-corrected chi connectivity index (χ4v) is 2.18. The second-order valence-electron chi connectivity index (χ2n) is 3.82. The van der Waals surface area contributed by atoms with E-state index in [4.69, 9.17) is 0 Å². The van der Waals surface area contributed by atoms with Crippen molar-refractivity contribution in [2.75, 3.05) is 13.1 Å². The van der Waals surface area contributed by atoms with Crippen molar-refractivity contribution in [2.45, 2.75) is 12.5 Å². The van der Waals surface area contributed by atoms with Crippen LogP contribution in [-0.2, 0) is 10.3 Å². The molecule has 2 rings (SSSR count). The fraction of sp³-hybridized carbons (Fsp3) is 0.364. The van der Waals surface area contributed by atoms with Gasteiger partial charge in [0, 0.05) is 17.6 Å². The highest BCUT2D eigenvalue weighted by molar-refractivity contribution is 9.10. The van der Waals surface area contributed by atoms with Gasteiger partial charge < -0.3 is 5.32 Å². The minimum absolute atomic E-state index is 0.0341. The molecule has 0 saturated carbocycles. The first kappa shape index (κ1) is 10.6. The third kappa shape index (κ3) is 1.92. The second-order valence-corrected chi connectivity index (χ2v) is 4.73. The number of benzene rings is 1. The van der Waals surface area contributed by atoms with E-state index >= 15 is 0 Å². The summed E-state index contributed by atoms with van der Waals surface area (Å²) in [6.07, 6.45) is 0. The second kappa shape index (κ2) is 3.94. The normalized spacial score (nSPS) is 26.1. The van der Waals surface area contributed by atoms with Crippen molar-refractivity contribution < 1.29 is 4.79 Å². The Morgan fingerprint density at radius 1 is 1.40 bits per heavy atom. The number of halogens is 1. The molecule has 1 aliphatic heterocycles. The zero-order chi connectivity index (χ0) is 10.9. The number of piperazine rings is 1. The molecule has 1 saturated heterocycles. The van der Waals surface area contributed by atoms with E-state index in [1.165, 1.54) is 0 Å². The van der Waals surface area contributed by atoms with Crippen LogP contribution in [0.2, 0.25) is 0 Å². The number of amides is 1. The molecule has 1 aromatic carbocycles. The Hall–Kier alpha value is -0.870. The lowest BCUT2D eigenvalue weighted by molar-refractivity contribution is -0.128. The first-order chi connectivity index (χ1) is 7.13. The Morgan fingerprint density at radius 3 is 2.87 bits per heavy atom. The van der Waals surface area contributed by atoms with Crippen LogP contribution in [0, 0.1) is 0 Å². The van der Waals surface area contributed by atoms with Crippen molar-refractivity contribution in [3.05, 3.63) is 34.3 Å². The summed E-state index contributed by atoms with van der Waals surface area (Å²) in [5.74, 6) is 0.0341. The zero-order valence-corrected chi connectivity index (χ0v) is 10.1. The number of hydrogen-bond donors (Lipinski definition) is 2. The molecular formula is C11H13BrN2O. The molecule has 1 heterocycles. The molecule has 0 aliphatic carbocycles. The van der Waals surface area contributed by atoms with Crippen LogP contribution in [-0.4, -0.2) is 19.0 Å². The molecule has 1 unspecified atom stereocenters. The van der Waals surface area contributed by atoms with Crippen molar-refractivity contribution in [2.24, 2.45) is 0 Å². The average molecular weight is 269 g/mol. The Labute approximate surface area is 97.4 Å². The van der Waals surface area contributed by atoms with Crippen molar-refractivity contribution in [1.29, 1.82) is 0 Å². The van der Waals surface area contributed by atoms with Crippen LogP contribution in [0.5, 0.6) is 0 Å². The Bertz CT molecular complexity index is 394. The Balaban J connectivity index is 2.39. The van der Waals surface area contributed by atoms with E-state index < -0.39 is 5.54 Å². The summed E-state index contributed by atoms with van der Waals surface area (Å²) in [4.78, 5) is 11.8. The van der Waals surface area contributed by atoms with Gasteiger partial charge in [0.2, 0.25) is 5.91 Å². The van der Waals surface area contributed by atoms with Crippen LogP contribution in [0.15, 0.2) is 28.7 Å². The summed E-state index contributed by atoms with van der Waals surface area (Å²) in [6, 6.07) is 7.82. The minimum Gasteiger partial charge on any atom is -0.353 e. The lowest BCUT2D eigenvalue weighted by Gasteiger charge is -2.34. The molecule has 15 heavy (non-hydrogen) atoms. The van der Waals surface area contributed by atoms with Crippen LogP contribution in [0.3, 0.4) is 0 Å². The van der Waals surface area contributed by atoms with Gasteiger partial charge in [0.05, 0.1) is 0 Å². The van der Waals surface area contributed by atoms with Gasteiger partial charge in [-0.05, 0) is 24.6 Å². The van der Waals surface area contributed by atoms with E-state index in [1.807, 2.05) is 31.2 Å². The monoisotopic (exact) mass is 268 g/mol. The predicted molar refractivity (Wildman–Crippen MR) is 62.5 cm³/mol. The number of rotatable bonds is 1. The molecule has 1 amide bonds. The molecule has 1 aliphatic rings. The first-order valence-electron chi connectivity index (χ1n) is 4.92. The maximum absolute atomic E-state index is 11.8. The number of hydrogen-bond acceptors (Lipinski definition) is 2. The molecule has 0 spiro atoms. The lowest BCUT2D eigenvalue weighted by Crippen LogP contribution is -2.59. The average Bonchev–Trinajstić information content (AvgIpc) is 2.23. The molecule has 0 bridgehead atoms. The van der Waals surface area contributed by atoms with Gasteiger partial charge in [0.1, 0.15) is 5.54 Å². The van der Waals surface area contributed by atoms with Crippen molar-refractivity contribution in [3.63, 3.8) is 0 Å². The van der Waals surface area contributed by atoms with Gasteiger partial charge in [0.25, 0.3) is 0 Å². The lowest BCUT2D eigenvalue weighted by atomic mass is 9.89. The summed E-state index contributed by atoms with van der Waals surface area (Å²) in [5.41, 5.74) is 0.372. The quantitative estimate of drug-likeness (QED) is 0.808. The molecule has 80 valence electrons. The summed E-state index contributed by atoms with van der Waals surface area (Å²) >= 11 is 3.41. The van der Waals surface area contributed by atoms with Crippen molar-refractivity contribution in [3.8, 4) is 0 Å². The number of carbonyl (C=O) groups is 1.